The van der Waals surface area contributed by atoms with E-state index >= 15 is 0 Å². The molecule has 1 aromatic carbocycles. The van der Waals surface area contributed by atoms with Crippen molar-refractivity contribution < 1.29 is 13.3 Å². The van der Waals surface area contributed by atoms with Gasteiger partial charge in [-0.25, -0.2) is 13.6 Å². The lowest BCUT2D eigenvalue weighted by atomic mass is 10.2. The smallest absolute Gasteiger partial charge is 0.312 e. The van der Waals surface area contributed by atoms with E-state index in [1.165, 1.54) is 12.1 Å². The summed E-state index contributed by atoms with van der Waals surface area (Å²) in [4.78, 5) is 12.9. The Balaban J connectivity index is 2.35. The van der Waals surface area contributed by atoms with Crippen molar-refractivity contribution in [1.29, 1.82) is 0 Å². The molecule has 0 saturated heterocycles. The highest BCUT2D eigenvalue weighted by Gasteiger charge is 2.28. The molecule has 7 nitrogen and oxygen atoms in total. The molecule has 0 amide bonds. The molecule has 0 unspecified atom stereocenters. The molecule has 0 fully saturated rings. The zero-order chi connectivity index (χ0) is 16.3. The van der Waals surface area contributed by atoms with Crippen LogP contribution in [0.5, 0.6) is 0 Å². The lowest BCUT2D eigenvalue weighted by Crippen LogP contribution is -2.23. The third-order valence-electron chi connectivity index (χ3n) is 3.15. The molecule has 1 heterocycles. The Morgan fingerprint density at radius 2 is 2.05 bits per heavy atom. The molecule has 118 valence electrons. The summed E-state index contributed by atoms with van der Waals surface area (Å²) >= 11 is 1.60. The number of anilines is 1. The van der Waals surface area contributed by atoms with Gasteiger partial charge in [0.1, 0.15) is 5.69 Å². The normalized spacial score (nSPS) is 11.4. The van der Waals surface area contributed by atoms with Crippen LogP contribution in [0.2, 0.25) is 0 Å². The van der Waals surface area contributed by atoms with Crippen LogP contribution in [-0.4, -0.2) is 26.9 Å². The summed E-state index contributed by atoms with van der Waals surface area (Å²) in [6.45, 7) is 0.523. The topological polar surface area (TPSA) is 107 Å². The Bertz CT molecular complexity index is 773. The van der Waals surface area contributed by atoms with Crippen molar-refractivity contribution in [2.24, 2.45) is 5.14 Å². The first-order valence-electron chi connectivity index (χ1n) is 6.34. The molecular weight excluding hydrogens is 326 g/mol. The van der Waals surface area contributed by atoms with Crippen LogP contribution in [0.4, 0.5) is 11.4 Å². The van der Waals surface area contributed by atoms with E-state index in [2.05, 4.69) is 0 Å². The van der Waals surface area contributed by atoms with Gasteiger partial charge in [0.25, 0.3) is 0 Å². The maximum atomic E-state index is 11.5. The third kappa shape index (κ3) is 3.62. The molecule has 2 rings (SSSR count). The van der Waals surface area contributed by atoms with Crippen LogP contribution >= 0.6 is 11.3 Å². The van der Waals surface area contributed by atoms with E-state index in [4.69, 9.17) is 5.14 Å². The molecule has 0 aliphatic carbocycles. The van der Waals surface area contributed by atoms with Crippen LogP contribution in [0.15, 0.2) is 40.6 Å². The van der Waals surface area contributed by atoms with E-state index in [1.807, 2.05) is 17.5 Å². The fraction of sp³-hybridized carbons (Fsp3) is 0.231. The Labute approximate surface area is 132 Å². The molecule has 22 heavy (non-hydrogen) atoms. The number of primary sulfonamides is 1. The molecule has 2 aromatic rings. The van der Waals surface area contributed by atoms with E-state index in [0.717, 1.165) is 10.9 Å². The predicted octanol–water partition coefficient (Wildman–Crippen LogP) is 1.98. The van der Waals surface area contributed by atoms with Gasteiger partial charge >= 0.3 is 5.69 Å². The Hall–Kier alpha value is -1.97. The summed E-state index contributed by atoms with van der Waals surface area (Å²) < 4.78 is 23.1. The number of thiophene rings is 1. The summed E-state index contributed by atoms with van der Waals surface area (Å²) in [5.41, 5.74) is -0.258. The molecular formula is C13H15N3O4S2. The molecule has 0 saturated carbocycles. The van der Waals surface area contributed by atoms with Crippen LogP contribution in [0, 0.1) is 10.1 Å². The highest BCUT2D eigenvalue weighted by atomic mass is 32.2. The molecule has 0 radical (unpaired) electrons. The second-order valence-corrected chi connectivity index (χ2v) is 7.24. The summed E-state index contributed by atoms with van der Waals surface area (Å²) in [6, 6.07) is 8.02. The van der Waals surface area contributed by atoms with Crippen LogP contribution in [0.3, 0.4) is 0 Å². The van der Waals surface area contributed by atoms with Gasteiger partial charge in [-0.1, -0.05) is 12.1 Å². The van der Waals surface area contributed by atoms with E-state index < -0.39 is 25.5 Å². The summed E-state index contributed by atoms with van der Waals surface area (Å²) in [5.74, 6) is 0. The van der Waals surface area contributed by atoms with Crippen LogP contribution in [-0.2, 0) is 16.4 Å². The average Bonchev–Trinajstić information content (AvgIpc) is 2.96. The Kier molecular flexibility index (Phi) is 4.79. The number of benzene rings is 1. The van der Waals surface area contributed by atoms with Crippen molar-refractivity contribution in [2.75, 3.05) is 18.5 Å². The van der Waals surface area contributed by atoms with E-state index in [0.29, 0.717) is 13.0 Å². The SMILES string of the molecule is CN(CCc1cccs1)c1cccc(S(N)(=O)=O)c1[N+](=O)[O-]. The molecule has 2 N–H and O–H groups in total. The molecule has 1 aromatic heterocycles. The van der Waals surface area contributed by atoms with Crippen LogP contribution in [0.1, 0.15) is 4.88 Å². The molecule has 0 spiro atoms. The highest BCUT2D eigenvalue weighted by molar-refractivity contribution is 7.89. The maximum Gasteiger partial charge on any atom is 0.312 e. The van der Waals surface area contributed by atoms with Crippen molar-refractivity contribution in [1.82, 2.24) is 0 Å². The first-order valence-corrected chi connectivity index (χ1v) is 8.77. The van der Waals surface area contributed by atoms with Gasteiger partial charge in [-0.05, 0) is 30.0 Å². The van der Waals surface area contributed by atoms with Gasteiger partial charge in [0.15, 0.2) is 4.90 Å². The quantitative estimate of drug-likeness (QED) is 0.638. The third-order valence-corrected chi connectivity index (χ3v) is 5.03. The fourth-order valence-corrected chi connectivity index (χ4v) is 3.50. The first-order chi connectivity index (χ1) is 10.3. The maximum absolute atomic E-state index is 11.5. The summed E-state index contributed by atoms with van der Waals surface area (Å²) in [5, 5.41) is 18.3. The number of sulfonamides is 1. The van der Waals surface area contributed by atoms with E-state index in [1.54, 1.807) is 23.3 Å². The summed E-state index contributed by atoms with van der Waals surface area (Å²) in [7, 11) is -2.48. The highest BCUT2D eigenvalue weighted by Crippen LogP contribution is 2.33. The number of likely N-dealkylation sites (N-methyl/N-ethyl adjacent to an activating group) is 1. The zero-order valence-electron chi connectivity index (χ0n) is 11.8. The van der Waals surface area contributed by atoms with Crippen molar-refractivity contribution in [3.63, 3.8) is 0 Å². The number of nitrogens with zero attached hydrogens (tertiary/aromatic N) is 2. The minimum absolute atomic E-state index is 0.230. The largest absolute Gasteiger partial charge is 0.369 e. The molecule has 0 aliphatic heterocycles. The van der Waals surface area contributed by atoms with Gasteiger partial charge in [0.05, 0.1) is 4.92 Å². The Morgan fingerprint density at radius 3 is 2.59 bits per heavy atom. The van der Waals surface area contributed by atoms with Gasteiger partial charge < -0.3 is 4.90 Å². The van der Waals surface area contributed by atoms with Crippen molar-refractivity contribution in [3.05, 3.63) is 50.7 Å². The Morgan fingerprint density at radius 1 is 1.32 bits per heavy atom. The molecule has 0 bridgehead atoms. The van der Waals surface area contributed by atoms with Gasteiger partial charge in [0, 0.05) is 18.5 Å². The molecule has 0 atom stereocenters. The van der Waals surface area contributed by atoms with Gasteiger partial charge in [-0.3, -0.25) is 10.1 Å². The molecule has 0 aliphatic rings. The van der Waals surface area contributed by atoms with Crippen molar-refractivity contribution in [3.8, 4) is 0 Å². The monoisotopic (exact) mass is 341 g/mol. The number of nitro benzene ring substituents is 1. The van der Waals surface area contributed by atoms with Crippen molar-refractivity contribution in [2.45, 2.75) is 11.3 Å². The second kappa shape index (κ2) is 6.42. The number of nitrogens with two attached hydrogens (primary N) is 1. The van der Waals surface area contributed by atoms with Gasteiger partial charge in [-0.2, -0.15) is 0 Å². The van der Waals surface area contributed by atoms with Crippen molar-refractivity contribution >= 4 is 32.7 Å². The number of nitro groups is 1. The lowest BCUT2D eigenvalue weighted by Gasteiger charge is -2.19. The second-order valence-electron chi connectivity index (χ2n) is 4.68. The minimum Gasteiger partial charge on any atom is -0.369 e. The number of para-hydroxylation sites is 1. The minimum atomic E-state index is -4.16. The molecule has 9 heteroatoms. The van der Waals surface area contributed by atoms with E-state index in [9.17, 15) is 18.5 Å². The van der Waals surface area contributed by atoms with Gasteiger partial charge in [-0.15, -0.1) is 11.3 Å². The van der Waals surface area contributed by atoms with Crippen LogP contribution in [0.25, 0.3) is 0 Å². The fourth-order valence-electron chi connectivity index (χ4n) is 2.09. The van der Waals surface area contributed by atoms with E-state index in [-0.39, 0.29) is 5.69 Å². The lowest BCUT2D eigenvalue weighted by molar-refractivity contribution is -0.387. The van der Waals surface area contributed by atoms with Gasteiger partial charge in [0.2, 0.25) is 10.0 Å². The number of hydrogen-bond donors (Lipinski definition) is 1. The average molecular weight is 341 g/mol. The zero-order valence-corrected chi connectivity index (χ0v) is 13.4. The standard InChI is InChI=1S/C13H15N3O4S2/c1-15(8-7-10-4-3-9-21-10)11-5-2-6-12(22(14,19)20)13(11)16(17)18/h2-6,9H,7-8H2,1H3,(H2,14,19,20). The summed E-state index contributed by atoms with van der Waals surface area (Å²) in [6.07, 6.45) is 0.713. The first kappa shape index (κ1) is 16.4. The number of rotatable bonds is 6. The number of hydrogen-bond acceptors (Lipinski definition) is 6. The van der Waals surface area contributed by atoms with Crippen LogP contribution < -0.4 is 10.0 Å². The predicted molar refractivity (Wildman–Crippen MR) is 85.8 cm³/mol.